The summed E-state index contributed by atoms with van der Waals surface area (Å²) >= 11 is 0.433. The summed E-state index contributed by atoms with van der Waals surface area (Å²) in [6.45, 7) is 9.96. The van der Waals surface area contributed by atoms with Gasteiger partial charge in [-0.2, -0.15) is 0 Å². The van der Waals surface area contributed by atoms with Crippen molar-refractivity contribution in [2.45, 2.75) is 70.7 Å². The fourth-order valence-electron chi connectivity index (χ4n) is 2.92. The van der Waals surface area contributed by atoms with Gasteiger partial charge in [-0.3, -0.25) is 0 Å². The second-order valence-electron chi connectivity index (χ2n) is 7.80. The van der Waals surface area contributed by atoms with Crippen LogP contribution < -0.4 is 4.46 Å². The number of nitrogens with zero attached hydrogens (tertiary/aromatic N) is 1. The second kappa shape index (κ2) is 8.48. The van der Waals surface area contributed by atoms with Gasteiger partial charge in [-0.1, -0.05) is 0 Å². The van der Waals surface area contributed by atoms with E-state index in [0.29, 0.717) is 28.0 Å². The Balaban J connectivity index is 2.02. The van der Waals surface area contributed by atoms with Gasteiger partial charge in [0.2, 0.25) is 0 Å². The Hall–Kier alpha value is -1.47. The molecule has 0 radical (unpaired) electrons. The van der Waals surface area contributed by atoms with Crippen LogP contribution in [0.5, 0.6) is 0 Å². The molecule has 4 nitrogen and oxygen atoms in total. The molecule has 0 bridgehead atoms. The van der Waals surface area contributed by atoms with E-state index in [4.69, 9.17) is 9.47 Å². The summed E-state index contributed by atoms with van der Waals surface area (Å²) in [5.74, 6) is 8.74. The molecule has 1 fully saturated rings. The van der Waals surface area contributed by atoms with Crippen molar-refractivity contribution in [3.05, 3.63) is 29.8 Å². The standard InChI is InChI=1S/C21H29NO3Se/c1-20(2,3)25-19(23)22-17(15-24-21(22,4)5)13-9-7-11-16-12-8-10-14-18(16)26-6/h8,10,12,14,17H,9,13,15H2,1-6H3/t17-/m0/s1. The van der Waals surface area contributed by atoms with Crippen molar-refractivity contribution < 1.29 is 14.3 Å². The van der Waals surface area contributed by atoms with E-state index in [0.717, 1.165) is 12.0 Å². The molecule has 1 aromatic carbocycles. The summed E-state index contributed by atoms with van der Waals surface area (Å²) in [5, 5.41) is 0. The molecule has 1 atom stereocenters. The second-order valence-corrected chi connectivity index (χ2v) is 9.58. The van der Waals surface area contributed by atoms with Crippen LogP contribution in [-0.4, -0.2) is 49.9 Å². The van der Waals surface area contributed by atoms with E-state index in [9.17, 15) is 4.79 Å². The fraction of sp³-hybridized carbons (Fsp3) is 0.571. The summed E-state index contributed by atoms with van der Waals surface area (Å²) < 4.78 is 12.7. The van der Waals surface area contributed by atoms with E-state index in [1.807, 2.05) is 40.7 Å². The number of amides is 1. The molecule has 0 unspecified atom stereocenters. The molecule has 5 heteroatoms. The van der Waals surface area contributed by atoms with Crippen LogP contribution in [0.3, 0.4) is 0 Å². The normalized spacial score (nSPS) is 19.0. The van der Waals surface area contributed by atoms with Gasteiger partial charge in [0.05, 0.1) is 0 Å². The van der Waals surface area contributed by atoms with Gasteiger partial charge >= 0.3 is 164 Å². The van der Waals surface area contributed by atoms with Gasteiger partial charge in [0, 0.05) is 0 Å². The first-order valence-corrected chi connectivity index (χ1v) is 11.5. The fourth-order valence-corrected chi connectivity index (χ4v) is 4.08. The molecular formula is C21H29NO3Se. The third-order valence-corrected chi connectivity index (χ3v) is 5.77. The monoisotopic (exact) mass is 423 g/mol. The van der Waals surface area contributed by atoms with Gasteiger partial charge in [0.15, 0.2) is 0 Å². The molecule has 1 aromatic rings. The summed E-state index contributed by atoms with van der Waals surface area (Å²) in [4.78, 5) is 14.3. The molecule has 2 rings (SSSR count). The maximum atomic E-state index is 12.6. The van der Waals surface area contributed by atoms with Gasteiger partial charge in [-0.25, -0.2) is 0 Å². The Morgan fingerprint density at radius 3 is 2.73 bits per heavy atom. The predicted molar refractivity (Wildman–Crippen MR) is 106 cm³/mol. The molecule has 0 aromatic heterocycles. The number of carbonyl (C=O) groups excluding carboxylic acids is 1. The van der Waals surface area contributed by atoms with Crippen LogP contribution in [0.4, 0.5) is 4.79 Å². The van der Waals surface area contributed by atoms with E-state index in [2.05, 4.69) is 35.9 Å². The number of benzene rings is 1. The molecule has 0 aliphatic carbocycles. The molecule has 1 amide bonds. The van der Waals surface area contributed by atoms with E-state index in [1.54, 1.807) is 4.90 Å². The molecule has 1 heterocycles. The van der Waals surface area contributed by atoms with Crippen molar-refractivity contribution in [1.82, 2.24) is 4.90 Å². The first kappa shape index (κ1) is 20.8. The zero-order valence-corrected chi connectivity index (χ0v) is 18.3. The van der Waals surface area contributed by atoms with Crippen LogP contribution >= 0.6 is 0 Å². The minimum atomic E-state index is -0.655. The first-order chi connectivity index (χ1) is 12.1. The molecule has 0 saturated carbocycles. The summed E-state index contributed by atoms with van der Waals surface area (Å²) in [7, 11) is 0. The quantitative estimate of drug-likeness (QED) is 0.552. The van der Waals surface area contributed by atoms with Crippen LogP contribution in [0.15, 0.2) is 24.3 Å². The van der Waals surface area contributed by atoms with Crippen molar-refractivity contribution in [2.24, 2.45) is 0 Å². The topological polar surface area (TPSA) is 38.8 Å². The van der Waals surface area contributed by atoms with Gasteiger partial charge in [0.25, 0.3) is 0 Å². The Kier molecular flexibility index (Phi) is 6.80. The molecular weight excluding hydrogens is 393 g/mol. The van der Waals surface area contributed by atoms with Gasteiger partial charge in [0.1, 0.15) is 0 Å². The number of ether oxygens (including phenoxy) is 2. The summed E-state index contributed by atoms with van der Waals surface area (Å²) in [6.07, 6.45) is 1.17. The number of rotatable bonds is 3. The molecule has 1 aliphatic rings. The van der Waals surface area contributed by atoms with E-state index < -0.39 is 11.3 Å². The summed E-state index contributed by atoms with van der Waals surface area (Å²) in [6, 6.07) is 8.28. The Bertz CT molecular complexity index is 697. The van der Waals surface area contributed by atoms with Crippen LogP contribution in [-0.2, 0) is 9.47 Å². The van der Waals surface area contributed by atoms with E-state index in [-0.39, 0.29) is 12.1 Å². The predicted octanol–water partition coefficient (Wildman–Crippen LogP) is 3.57. The van der Waals surface area contributed by atoms with Crippen LogP contribution in [0.25, 0.3) is 0 Å². The number of hydrogen-bond acceptors (Lipinski definition) is 3. The van der Waals surface area contributed by atoms with Crippen LogP contribution in [0.1, 0.15) is 53.0 Å². The van der Waals surface area contributed by atoms with Crippen LogP contribution in [0.2, 0.25) is 5.82 Å². The third kappa shape index (κ3) is 5.51. The molecule has 142 valence electrons. The Morgan fingerprint density at radius 1 is 1.38 bits per heavy atom. The van der Waals surface area contributed by atoms with Gasteiger partial charge in [-0.05, 0) is 0 Å². The molecule has 26 heavy (non-hydrogen) atoms. The number of carbonyl (C=O) groups is 1. The average Bonchev–Trinajstić information content (AvgIpc) is 2.85. The maximum absolute atomic E-state index is 12.6. The molecule has 0 N–H and O–H groups in total. The van der Waals surface area contributed by atoms with Gasteiger partial charge < -0.3 is 0 Å². The van der Waals surface area contributed by atoms with E-state index >= 15 is 0 Å². The Morgan fingerprint density at radius 2 is 2.08 bits per heavy atom. The van der Waals surface area contributed by atoms with Crippen LogP contribution in [0, 0.1) is 11.8 Å². The zero-order chi connectivity index (χ0) is 19.4. The zero-order valence-electron chi connectivity index (χ0n) is 16.6. The van der Waals surface area contributed by atoms with Crippen molar-refractivity contribution in [3.8, 4) is 11.8 Å². The molecule has 0 spiro atoms. The minimum absolute atomic E-state index is 0.0141. The van der Waals surface area contributed by atoms with Crippen molar-refractivity contribution in [2.75, 3.05) is 6.61 Å². The van der Waals surface area contributed by atoms with Crippen molar-refractivity contribution in [1.29, 1.82) is 0 Å². The molecule has 1 aliphatic heterocycles. The van der Waals surface area contributed by atoms with Crippen molar-refractivity contribution >= 4 is 25.5 Å². The molecule has 1 saturated heterocycles. The SMILES string of the molecule is C[Se]c1ccccc1C#CCC[C@H]1COC(C)(C)N1C(=O)OC(C)(C)C. The number of hydrogen-bond donors (Lipinski definition) is 0. The average molecular weight is 422 g/mol. The van der Waals surface area contributed by atoms with E-state index in [1.165, 1.54) is 4.46 Å². The Labute approximate surface area is 163 Å². The summed E-state index contributed by atoms with van der Waals surface area (Å²) in [5.41, 5.74) is -0.0641. The van der Waals surface area contributed by atoms with Gasteiger partial charge in [-0.15, -0.1) is 0 Å². The first-order valence-electron chi connectivity index (χ1n) is 8.92. The third-order valence-electron chi connectivity index (χ3n) is 4.10. The van der Waals surface area contributed by atoms with Crippen molar-refractivity contribution in [3.63, 3.8) is 0 Å².